The number of anilines is 1. The molecule has 26 heavy (non-hydrogen) atoms. The smallest absolute Gasteiger partial charge is 0.226 e. The summed E-state index contributed by atoms with van der Waals surface area (Å²) in [6.07, 6.45) is 4.50. The molecular weight excluding hydrogens is 350 g/mol. The predicted octanol–water partition coefficient (Wildman–Crippen LogP) is 3.79. The van der Waals surface area contributed by atoms with Crippen LogP contribution in [-0.2, 0) is 11.2 Å². The Morgan fingerprint density at radius 3 is 2.85 bits per heavy atom. The Bertz CT molecular complexity index is 881. The van der Waals surface area contributed by atoms with Crippen LogP contribution in [0.15, 0.2) is 48.1 Å². The van der Waals surface area contributed by atoms with Crippen LogP contribution in [0.5, 0.6) is 11.5 Å². The maximum absolute atomic E-state index is 12.1. The molecule has 0 aliphatic heterocycles. The number of amides is 1. The summed E-state index contributed by atoms with van der Waals surface area (Å²) >= 11 is 1.38. The van der Waals surface area contributed by atoms with Gasteiger partial charge in [-0.1, -0.05) is 6.07 Å². The van der Waals surface area contributed by atoms with E-state index >= 15 is 0 Å². The molecule has 0 spiro atoms. The molecule has 2 heterocycles. The molecule has 0 aliphatic carbocycles. The van der Waals surface area contributed by atoms with Crippen molar-refractivity contribution in [2.75, 3.05) is 19.5 Å². The molecule has 2 aromatic heterocycles. The summed E-state index contributed by atoms with van der Waals surface area (Å²) in [6.45, 7) is 0. The average Bonchev–Trinajstić information content (AvgIpc) is 3.15. The third-order valence-electron chi connectivity index (χ3n) is 3.80. The fraction of sp³-hybridized carbons (Fsp3) is 0.211. The first-order chi connectivity index (χ1) is 12.7. The van der Waals surface area contributed by atoms with Gasteiger partial charge in [-0.2, -0.15) is 0 Å². The Morgan fingerprint density at radius 1 is 1.23 bits per heavy atom. The van der Waals surface area contributed by atoms with Gasteiger partial charge in [0.2, 0.25) is 5.91 Å². The van der Waals surface area contributed by atoms with Crippen molar-refractivity contribution in [3.63, 3.8) is 0 Å². The van der Waals surface area contributed by atoms with Gasteiger partial charge in [-0.15, -0.1) is 11.3 Å². The number of hydrogen-bond acceptors (Lipinski definition) is 6. The number of rotatable bonds is 7. The number of nitrogens with one attached hydrogen (secondary N) is 1. The van der Waals surface area contributed by atoms with E-state index in [9.17, 15) is 4.79 Å². The molecule has 0 saturated heterocycles. The van der Waals surface area contributed by atoms with Gasteiger partial charge in [-0.25, -0.2) is 4.98 Å². The normalized spacial score (nSPS) is 10.4. The summed E-state index contributed by atoms with van der Waals surface area (Å²) in [7, 11) is 3.22. The minimum Gasteiger partial charge on any atom is -0.497 e. The quantitative estimate of drug-likeness (QED) is 0.686. The molecule has 0 saturated carbocycles. The number of ether oxygens (including phenoxy) is 2. The summed E-state index contributed by atoms with van der Waals surface area (Å²) in [4.78, 5) is 20.7. The number of carbonyl (C=O) groups is 1. The van der Waals surface area contributed by atoms with Gasteiger partial charge in [-0.3, -0.25) is 9.78 Å². The largest absolute Gasteiger partial charge is 0.497 e. The molecular formula is C19H19N3O3S. The predicted molar refractivity (Wildman–Crippen MR) is 102 cm³/mol. The molecule has 0 atom stereocenters. The van der Waals surface area contributed by atoms with Crippen molar-refractivity contribution in [1.29, 1.82) is 0 Å². The van der Waals surface area contributed by atoms with E-state index in [-0.39, 0.29) is 5.91 Å². The van der Waals surface area contributed by atoms with Crippen LogP contribution < -0.4 is 14.8 Å². The van der Waals surface area contributed by atoms with Gasteiger partial charge in [0.05, 0.1) is 19.9 Å². The zero-order chi connectivity index (χ0) is 18.4. The second-order valence-electron chi connectivity index (χ2n) is 5.51. The molecule has 0 bridgehead atoms. The number of pyridine rings is 1. The fourth-order valence-corrected chi connectivity index (χ4v) is 3.18. The van der Waals surface area contributed by atoms with E-state index in [1.807, 2.05) is 35.7 Å². The first-order valence-electron chi connectivity index (χ1n) is 8.06. The molecule has 0 radical (unpaired) electrons. The molecule has 3 rings (SSSR count). The lowest BCUT2D eigenvalue weighted by atomic mass is 10.1. The zero-order valence-corrected chi connectivity index (χ0v) is 15.4. The molecule has 134 valence electrons. The van der Waals surface area contributed by atoms with E-state index in [0.29, 0.717) is 23.7 Å². The van der Waals surface area contributed by atoms with Crippen molar-refractivity contribution >= 4 is 22.4 Å². The summed E-state index contributed by atoms with van der Waals surface area (Å²) < 4.78 is 10.7. The molecule has 0 fully saturated rings. The number of hydrogen-bond donors (Lipinski definition) is 1. The SMILES string of the molecule is COc1ccc(OC)c(-c2csc(NC(=O)CCc3cccnc3)n2)c1. The average molecular weight is 369 g/mol. The topological polar surface area (TPSA) is 73.3 Å². The number of aromatic nitrogens is 2. The van der Waals surface area contributed by atoms with Crippen LogP contribution in [0.1, 0.15) is 12.0 Å². The lowest BCUT2D eigenvalue weighted by Crippen LogP contribution is -2.12. The van der Waals surface area contributed by atoms with Gasteiger partial charge in [0.25, 0.3) is 0 Å². The highest BCUT2D eigenvalue weighted by Gasteiger charge is 2.13. The van der Waals surface area contributed by atoms with Gasteiger partial charge >= 0.3 is 0 Å². The molecule has 1 amide bonds. The van der Waals surface area contributed by atoms with Crippen LogP contribution >= 0.6 is 11.3 Å². The highest BCUT2D eigenvalue weighted by Crippen LogP contribution is 2.35. The van der Waals surface area contributed by atoms with E-state index in [4.69, 9.17) is 9.47 Å². The van der Waals surface area contributed by atoms with Gasteiger partial charge in [-0.05, 0) is 36.2 Å². The standard InChI is InChI=1S/C19H19N3O3S/c1-24-14-6-7-17(25-2)15(10-14)16-12-26-19(21-16)22-18(23)8-5-13-4-3-9-20-11-13/h3-4,6-7,9-12H,5,8H2,1-2H3,(H,21,22,23). The van der Waals surface area contributed by atoms with Crippen molar-refractivity contribution in [2.45, 2.75) is 12.8 Å². The molecule has 3 aromatic rings. The van der Waals surface area contributed by atoms with Crippen LogP contribution in [0.25, 0.3) is 11.3 Å². The lowest BCUT2D eigenvalue weighted by molar-refractivity contribution is -0.116. The van der Waals surface area contributed by atoms with Crippen LogP contribution in [0, 0.1) is 0 Å². The summed E-state index contributed by atoms with van der Waals surface area (Å²) in [5, 5.41) is 5.28. The molecule has 6 nitrogen and oxygen atoms in total. The summed E-state index contributed by atoms with van der Waals surface area (Å²) in [6, 6.07) is 9.34. The Morgan fingerprint density at radius 2 is 2.12 bits per heavy atom. The third kappa shape index (κ3) is 4.37. The lowest BCUT2D eigenvalue weighted by Gasteiger charge is -2.08. The van der Waals surface area contributed by atoms with Crippen molar-refractivity contribution in [3.8, 4) is 22.8 Å². The number of methoxy groups -OCH3 is 2. The van der Waals surface area contributed by atoms with Gasteiger partial charge in [0.15, 0.2) is 5.13 Å². The molecule has 1 aromatic carbocycles. The van der Waals surface area contributed by atoms with Crippen molar-refractivity contribution < 1.29 is 14.3 Å². The zero-order valence-electron chi connectivity index (χ0n) is 14.6. The Labute approximate surface area is 155 Å². The molecule has 0 unspecified atom stereocenters. The van der Waals surface area contributed by atoms with E-state index in [1.165, 1.54) is 11.3 Å². The van der Waals surface area contributed by atoms with E-state index in [2.05, 4.69) is 15.3 Å². The van der Waals surface area contributed by atoms with Crippen molar-refractivity contribution in [2.24, 2.45) is 0 Å². The van der Waals surface area contributed by atoms with Crippen molar-refractivity contribution in [3.05, 3.63) is 53.7 Å². The number of thiazole rings is 1. The second-order valence-corrected chi connectivity index (χ2v) is 6.37. The third-order valence-corrected chi connectivity index (χ3v) is 4.55. The number of carbonyl (C=O) groups excluding carboxylic acids is 1. The molecule has 0 aliphatic rings. The van der Waals surface area contributed by atoms with Crippen LogP contribution in [-0.4, -0.2) is 30.1 Å². The van der Waals surface area contributed by atoms with E-state index in [1.54, 1.807) is 26.6 Å². The molecule has 1 N–H and O–H groups in total. The van der Waals surface area contributed by atoms with E-state index in [0.717, 1.165) is 22.6 Å². The fourth-order valence-electron chi connectivity index (χ4n) is 2.45. The maximum atomic E-state index is 12.1. The van der Waals surface area contributed by atoms with Gasteiger partial charge in [0, 0.05) is 29.8 Å². The first-order valence-corrected chi connectivity index (χ1v) is 8.94. The summed E-state index contributed by atoms with van der Waals surface area (Å²) in [5.41, 5.74) is 2.58. The Hall–Kier alpha value is -2.93. The van der Waals surface area contributed by atoms with Gasteiger partial charge < -0.3 is 14.8 Å². The van der Waals surface area contributed by atoms with Crippen LogP contribution in [0.3, 0.4) is 0 Å². The second kappa shape index (κ2) is 8.44. The molecule has 7 heteroatoms. The highest BCUT2D eigenvalue weighted by atomic mass is 32.1. The Kier molecular flexibility index (Phi) is 5.80. The first kappa shape index (κ1) is 17.9. The minimum absolute atomic E-state index is 0.0765. The Balaban J connectivity index is 1.67. The van der Waals surface area contributed by atoms with Crippen molar-refractivity contribution in [1.82, 2.24) is 9.97 Å². The van der Waals surface area contributed by atoms with Crippen LogP contribution in [0.4, 0.5) is 5.13 Å². The van der Waals surface area contributed by atoms with E-state index < -0.39 is 0 Å². The van der Waals surface area contributed by atoms with Gasteiger partial charge in [0.1, 0.15) is 11.5 Å². The summed E-state index contributed by atoms with van der Waals surface area (Å²) in [5.74, 6) is 1.34. The highest BCUT2D eigenvalue weighted by molar-refractivity contribution is 7.14. The minimum atomic E-state index is -0.0765. The number of nitrogens with zero attached hydrogens (tertiary/aromatic N) is 2. The maximum Gasteiger partial charge on any atom is 0.226 e. The monoisotopic (exact) mass is 369 g/mol. The van der Waals surface area contributed by atoms with Crippen LogP contribution in [0.2, 0.25) is 0 Å². The number of benzene rings is 1. The number of aryl methyl sites for hydroxylation is 1.